The number of nitrogens with one attached hydrogen (secondary N) is 1. The summed E-state index contributed by atoms with van der Waals surface area (Å²) in [6.07, 6.45) is 3.86. The van der Waals surface area contributed by atoms with E-state index in [0.29, 0.717) is 6.04 Å². The zero-order valence-corrected chi connectivity index (χ0v) is 9.03. The number of anilines is 1. The molecule has 2 nitrogen and oxygen atoms in total. The third kappa shape index (κ3) is 2.50. The Morgan fingerprint density at radius 1 is 1.53 bits per heavy atom. The van der Waals surface area contributed by atoms with Gasteiger partial charge in [-0.05, 0) is 43.4 Å². The third-order valence-corrected chi connectivity index (χ3v) is 2.97. The van der Waals surface area contributed by atoms with Crippen molar-refractivity contribution in [2.24, 2.45) is 5.92 Å². The van der Waals surface area contributed by atoms with Crippen LogP contribution in [0.1, 0.15) is 31.7 Å². The summed E-state index contributed by atoms with van der Waals surface area (Å²) < 4.78 is 0. The normalized spacial score (nSPS) is 16.8. The SMILES string of the molecule is CCC(Nc1cccc(C#N)c1)C1CC1. The minimum atomic E-state index is 0.582. The third-order valence-electron chi connectivity index (χ3n) is 2.97. The van der Waals surface area contributed by atoms with Gasteiger partial charge < -0.3 is 5.32 Å². The topological polar surface area (TPSA) is 35.8 Å². The number of benzene rings is 1. The molecule has 1 aromatic rings. The van der Waals surface area contributed by atoms with E-state index in [0.717, 1.165) is 23.6 Å². The first-order valence-corrected chi connectivity index (χ1v) is 5.60. The Balaban J connectivity index is 2.05. The van der Waals surface area contributed by atoms with E-state index in [-0.39, 0.29) is 0 Å². The molecule has 0 aromatic heterocycles. The van der Waals surface area contributed by atoms with Gasteiger partial charge in [0, 0.05) is 11.7 Å². The lowest BCUT2D eigenvalue weighted by Crippen LogP contribution is -2.20. The predicted molar refractivity (Wildman–Crippen MR) is 61.6 cm³/mol. The van der Waals surface area contributed by atoms with Crippen molar-refractivity contribution < 1.29 is 0 Å². The van der Waals surface area contributed by atoms with Gasteiger partial charge in [-0.2, -0.15) is 5.26 Å². The van der Waals surface area contributed by atoms with Crippen molar-refractivity contribution in [2.45, 2.75) is 32.2 Å². The van der Waals surface area contributed by atoms with Gasteiger partial charge in [0.25, 0.3) is 0 Å². The molecule has 1 aromatic carbocycles. The molecule has 1 N–H and O–H groups in total. The fraction of sp³-hybridized carbons (Fsp3) is 0.462. The molecular weight excluding hydrogens is 184 g/mol. The zero-order valence-electron chi connectivity index (χ0n) is 9.03. The van der Waals surface area contributed by atoms with Gasteiger partial charge in [0.15, 0.2) is 0 Å². The Morgan fingerprint density at radius 3 is 2.93 bits per heavy atom. The second-order valence-corrected chi connectivity index (χ2v) is 4.19. The maximum Gasteiger partial charge on any atom is 0.0992 e. The second-order valence-electron chi connectivity index (χ2n) is 4.19. The second kappa shape index (κ2) is 4.35. The summed E-state index contributed by atoms with van der Waals surface area (Å²) in [5, 5.41) is 12.3. The first-order chi connectivity index (χ1) is 7.33. The van der Waals surface area contributed by atoms with Crippen LogP contribution >= 0.6 is 0 Å². The number of nitriles is 1. The van der Waals surface area contributed by atoms with Crippen LogP contribution in [0, 0.1) is 17.2 Å². The van der Waals surface area contributed by atoms with Gasteiger partial charge >= 0.3 is 0 Å². The molecule has 0 aliphatic heterocycles. The Bertz CT molecular complexity index is 374. The lowest BCUT2D eigenvalue weighted by atomic mass is 10.1. The first kappa shape index (κ1) is 10.0. The summed E-state index contributed by atoms with van der Waals surface area (Å²) in [5.41, 5.74) is 1.80. The molecule has 0 amide bonds. The van der Waals surface area contributed by atoms with E-state index in [1.807, 2.05) is 24.3 Å². The van der Waals surface area contributed by atoms with Gasteiger partial charge in [0.1, 0.15) is 0 Å². The van der Waals surface area contributed by atoms with Crippen LogP contribution in [0.25, 0.3) is 0 Å². The Labute approximate surface area is 90.9 Å². The fourth-order valence-corrected chi connectivity index (χ4v) is 1.94. The van der Waals surface area contributed by atoms with Gasteiger partial charge in [0.2, 0.25) is 0 Å². The van der Waals surface area contributed by atoms with Crippen LogP contribution in [-0.2, 0) is 0 Å². The molecule has 0 saturated heterocycles. The lowest BCUT2D eigenvalue weighted by molar-refractivity contribution is 0.616. The summed E-state index contributed by atoms with van der Waals surface area (Å²) >= 11 is 0. The number of hydrogen-bond donors (Lipinski definition) is 1. The summed E-state index contributed by atoms with van der Waals surface area (Å²) in [6, 6.07) is 10.5. The molecule has 15 heavy (non-hydrogen) atoms. The fourth-order valence-electron chi connectivity index (χ4n) is 1.94. The van der Waals surface area contributed by atoms with Crippen LogP contribution in [0.4, 0.5) is 5.69 Å². The van der Waals surface area contributed by atoms with E-state index < -0.39 is 0 Å². The van der Waals surface area contributed by atoms with Crippen LogP contribution < -0.4 is 5.32 Å². The minimum Gasteiger partial charge on any atom is -0.382 e. The average molecular weight is 200 g/mol. The van der Waals surface area contributed by atoms with Gasteiger partial charge in [-0.3, -0.25) is 0 Å². The predicted octanol–water partition coefficient (Wildman–Crippen LogP) is 3.16. The van der Waals surface area contributed by atoms with Crippen molar-refractivity contribution in [3.63, 3.8) is 0 Å². The molecule has 1 unspecified atom stereocenters. The molecule has 0 heterocycles. The first-order valence-electron chi connectivity index (χ1n) is 5.60. The molecule has 78 valence electrons. The van der Waals surface area contributed by atoms with Crippen LogP contribution in [-0.4, -0.2) is 6.04 Å². The Hall–Kier alpha value is -1.49. The zero-order chi connectivity index (χ0) is 10.7. The Kier molecular flexibility index (Phi) is 2.91. The highest BCUT2D eigenvalue weighted by molar-refractivity contribution is 5.49. The molecular formula is C13H16N2. The van der Waals surface area contributed by atoms with Gasteiger partial charge in [-0.15, -0.1) is 0 Å². The molecule has 1 aliphatic carbocycles. The van der Waals surface area contributed by atoms with Gasteiger partial charge in [-0.1, -0.05) is 13.0 Å². The molecule has 1 fully saturated rings. The number of rotatable bonds is 4. The molecule has 2 rings (SSSR count). The molecule has 0 spiro atoms. The molecule has 0 radical (unpaired) electrons. The van der Waals surface area contributed by atoms with Crippen LogP contribution in [0.3, 0.4) is 0 Å². The number of hydrogen-bond acceptors (Lipinski definition) is 2. The van der Waals surface area contributed by atoms with E-state index >= 15 is 0 Å². The summed E-state index contributed by atoms with van der Waals surface area (Å²) in [6.45, 7) is 2.21. The maximum absolute atomic E-state index is 8.80. The van der Waals surface area contributed by atoms with Crippen molar-refractivity contribution in [3.8, 4) is 6.07 Å². The van der Waals surface area contributed by atoms with Crippen LogP contribution in [0.15, 0.2) is 24.3 Å². The highest BCUT2D eigenvalue weighted by Gasteiger charge is 2.29. The molecule has 1 saturated carbocycles. The van der Waals surface area contributed by atoms with E-state index in [1.165, 1.54) is 12.8 Å². The average Bonchev–Trinajstić information content (AvgIpc) is 3.10. The monoisotopic (exact) mass is 200 g/mol. The van der Waals surface area contributed by atoms with E-state index in [2.05, 4.69) is 18.3 Å². The summed E-state index contributed by atoms with van der Waals surface area (Å²) in [5.74, 6) is 0.848. The van der Waals surface area contributed by atoms with Crippen LogP contribution in [0.2, 0.25) is 0 Å². The molecule has 1 aliphatic rings. The van der Waals surface area contributed by atoms with E-state index in [9.17, 15) is 0 Å². The van der Waals surface area contributed by atoms with E-state index in [1.54, 1.807) is 0 Å². The highest BCUT2D eigenvalue weighted by Crippen LogP contribution is 2.35. The highest BCUT2D eigenvalue weighted by atomic mass is 14.9. The van der Waals surface area contributed by atoms with Gasteiger partial charge in [0.05, 0.1) is 11.6 Å². The van der Waals surface area contributed by atoms with E-state index in [4.69, 9.17) is 5.26 Å². The number of nitrogens with zero attached hydrogens (tertiary/aromatic N) is 1. The standard InChI is InChI=1S/C13H16N2/c1-2-13(11-6-7-11)15-12-5-3-4-10(8-12)9-14/h3-5,8,11,13,15H,2,6-7H2,1H3. The summed E-state index contributed by atoms with van der Waals surface area (Å²) in [7, 11) is 0. The smallest absolute Gasteiger partial charge is 0.0992 e. The van der Waals surface area contributed by atoms with Crippen molar-refractivity contribution in [2.75, 3.05) is 5.32 Å². The van der Waals surface area contributed by atoms with Crippen molar-refractivity contribution in [1.82, 2.24) is 0 Å². The lowest BCUT2D eigenvalue weighted by Gasteiger charge is -2.17. The molecule has 1 atom stereocenters. The largest absolute Gasteiger partial charge is 0.382 e. The van der Waals surface area contributed by atoms with Crippen molar-refractivity contribution in [1.29, 1.82) is 5.26 Å². The Morgan fingerprint density at radius 2 is 2.33 bits per heavy atom. The van der Waals surface area contributed by atoms with Crippen molar-refractivity contribution in [3.05, 3.63) is 29.8 Å². The van der Waals surface area contributed by atoms with Gasteiger partial charge in [-0.25, -0.2) is 0 Å². The minimum absolute atomic E-state index is 0.582. The molecule has 2 heteroatoms. The van der Waals surface area contributed by atoms with Crippen molar-refractivity contribution >= 4 is 5.69 Å². The maximum atomic E-state index is 8.80. The quantitative estimate of drug-likeness (QED) is 0.810. The summed E-state index contributed by atoms with van der Waals surface area (Å²) in [4.78, 5) is 0. The van der Waals surface area contributed by atoms with Crippen LogP contribution in [0.5, 0.6) is 0 Å². The molecule has 0 bridgehead atoms.